The highest BCUT2D eigenvalue weighted by Crippen LogP contribution is 2.22. The molecule has 1 saturated heterocycles. The molecule has 3 aromatic rings. The second-order valence-corrected chi connectivity index (χ2v) is 9.59. The van der Waals surface area contributed by atoms with Crippen LogP contribution in [0.5, 0.6) is 0 Å². The smallest absolute Gasteiger partial charge is 0.253 e. The molecule has 1 fully saturated rings. The molecule has 0 unspecified atom stereocenters. The molecule has 6 heteroatoms. The number of H-pyrrole nitrogens is 1. The van der Waals surface area contributed by atoms with Crippen molar-refractivity contribution in [2.24, 2.45) is 0 Å². The van der Waals surface area contributed by atoms with E-state index in [2.05, 4.69) is 72.1 Å². The third-order valence-corrected chi connectivity index (χ3v) is 7.24. The van der Waals surface area contributed by atoms with Crippen LogP contribution in [0.25, 0.3) is 10.9 Å². The molecular weight excluding hydrogens is 428 g/mol. The fourth-order valence-electron chi connectivity index (χ4n) is 4.81. The van der Waals surface area contributed by atoms with E-state index in [0.29, 0.717) is 17.7 Å². The first-order valence-electron chi connectivity index (χ1n) is 11.8. The van der Waals surface area contributed by atoms with E-state index in [-0.39, 0.29) is 5.56 Å². The van der Waals surface area contributed by atoms with Crippen LogP contribution in [0.1, 0.15) is 42.0 Å². The van der Waals surface area contributed by atoms with Crippen molar-refractivity contribution in [3.05, 3.63) is 75.1 Å². The molecule has 1 aromatic heterocycles. The van der Waals surface area contributed by atoms with E-state index in [0.717, 1.165) is 53.8 Å². The molecule has 0 aliphatic carbocycles. The van der Waals surface area contributed by atoms with Gasteiger partial charge in [-0.15, -0.1) is 0 Å². The first kappa shape index (κ1) is 23.5. The molecule has 0 bridgehead atoms. The molecular formula is C27H34N4OS. The summed E-state index contributed by atoms with van der Waals surface area (Å²) in [6.07, 6.45) is 2.36. The molecule has 2 N–H and O–H groups in total. The van der Waals surface area contributed by atoms with E-state index < -0.39 is 0 Å². The monoisotopic (exact) mass is 462 g/mol. The summed E-state index contributed by atoms with van der Waals surface area (Å²) in [6, 6.07) is 14.9. The Hall–Kier alpha value is -2.70. The zero-order chi connectivity index (χ0) is 23.5. The summed E-state index contributed by atoms with van der Waals surface area (Å²) in [6.45, 7) is 11.8. The molecule has 33 heavy (non-hydrogen) atoms. The molecule has 0 amide bonds. The van der Waals surface area contributed by atoms with E-state index in [4.69, 9.17) is 12.2 Å². The number of anilines is 1. The fourth-order valence-corrected chi connectivity index (χ4v) is 5.07. The molecule has 174 valence electrons. The topological polar surface area (TPSA) is 51.4 Å². The van der Waals surface area contributed by atoms with Gasteiger partial charge in [-0.25, -0.2) is 0 Å². The molecule has 2 aromatic carbocycles. The van der Waals surface area contributed by atoms with Gasteiger partial charge in [0.15, 0.2) is 5.11 Å². The number of hydrogen-bond acceptors (Lipinski definition) is 3. The van der Waals surface area contributed by atoms with E-state index in [1.807, 2.05) is 18.2 Å². The minimum atomic E-state index is -0.0432. The van der Waals surface area contributed by atoms with Gasteiger partial charge in [-0.05, 0) is 99.2 Å². The number of aromatic nitrogens is 1. The van der Waals surface area contributed by atoms with Crippen molar-refractivity contribution in [2.45, 2.75) is 53.1 Å². The number of aryl methyl sites for hydroxylation is 3. The number of fused-ring (bicyclic) bond motifs is 1. The number of hydrogen-bond donors (Lipinski definition) is 2. The van der Waals surface area contributed by atoms with Crippen LogP contribution in [0, 0.1) is 20.8 Å². The van der Waals surface area contributed by atoms with Crippen LogP contribution in [-0.2, 0) is 6.54 Å². The third kappa shape index (κ3) is 5.28. The molecule has 2 heterocycles. The molecule has 0 spiro atoms. The zero-order valence-electron chi connectivity index (χ0n) is 20.1. The van der Waals surface area contributed by atoms with Crippen molar-refractivity contribution in [2.75, 3.05) is 25.0 Å². The van der Waals surface area contributed by atoms with Crippen LogP contribution in [0.3, 0.4) is 0 Å². The maximum Gasteiger partial charge on any atom is 0.253 e. The Morgan fingerprint density at radius 3 is 2.79 bits per heavy atom. The second kappa shape index (κ2) is 10.1. The van der Waals surface area contributed by atoms with Gasteiger partial charge in [-0.3, -0.25) is 9.69 Å². The molecule has 1 atom stereocenters. The largest absolute Gasteiger partial charge is 0.343 e. The van der Waals surface area contributed by atoms with E-state index in [1.165, 1.54) is 17.5 Å². The average Bonchev–Trinajstić information content (AvgIpc) is 3.24. The van der Waals surface area contributed by atoms with Crippen molar-refractivity contribution in [3.8, 4) is 0 Å². The summed E-state index contributed by atoms with van der Waals surface area (Å²) < 4.78 is 0. The molecule has 1 aliphatic rings. The number of thiocarbonyl (C=S) groups is 1. The first-order chi connectivity index (χ1) is 15.9. The Morgan fingerprint density at radius 1 is 1.21 bits per heavy atom. The lowest BCUT2D eigenvalue weighted by molar-refractivity contribution is 0.221. The lowest BCUT2D eigenvalue weighted by Crippen LogP contribution is -2.44. The number of benzene rings is 2. The predicted octanol–water partition coefficient (Wildman–Crippen LogP) is 5.14. The van der Waals surface area contributed by atoms with E-state index in [9.17, 15) is 4.79 Å². The van der Waals surface area contributed by atoms with Gasteiger partial charge in [-0.2, -0.15) is 0 Å². The van der Waals surface area contributed by atoms with Gasteiger partial charge in [0.25, 0.3) is 5.56 Å². The summed E-state index contributed by atoms with van der Waals surface area (Å²) in [5.74, 6) is 0. The third-order valence-electron chi connectivity index (χ3n) is 6.88. The number of nitrogens with zero attached hydrogens (tertiary/aromatic N) is 2. The summed E-state index contributed by atoms with van der Waals surface area (Å²) in [5.41, 5.74) is 6.06. The Morgan fingerprint density at radius 2 is 2.03 bits per heavy atom. The number of rotatable bonds is 6. The molecule has 5 nitrogen and oxygen atoms in total. The van der Waals surface area contributed by atoms with Crippen LogP contribution in [0.2, 0.25) is 0 Å². The molecule has 1 aliphatic heterocycles. The van der Waals surface area contributed by atoms with Crippen LogP contribution >= 0.6 is 12.2 Å². The van der Waals surface area contributed by atoms with Crippen molar-refractivity contribution in [1.29, 1.82) is 0 Å². The predicted molar refractivity (Wildman–Crippen MR) is 142 cm³/mol. The average molecular weight is 463 g/mol. The highest BCUT2D eigenvalue weighted by atomic mass is 32.1. The highest BCUT2D eigenvalue weighted by molar-refractivity contribution is 7.80. The van der Waals surface area contributed by atoms with Gasteiger partial charge in [0.05, 0.1) is 12.1 Å². The number of nitrogens with one attached hydrogen (secondary N) is 2. The summed E-state index contributed by atoms with van der Waals surface area (Å²) in [5, 5.41) is 5.12. The summed E-state index contributed by atoms with van der Waals surface area (Å²) >= 11 is 5.87. The van der Waals surface area contributed by atoms with Crippen molar-refractivity contribution in [3.63, 3.8) is 0 Å². The minimum absolute atomic E-state index is 0.0432. The Labute approximate surface area is 201 Å². The molecule has 4 rings (SSSR count). The fraction of sp³-hybridized carbons (Fsp3) is 0.407. The Kier molecular flexibility index (Phi) is 7.15. The zero-order valence-corrected chi connectivity index (χ0v) is 20.9. The number of aromatic amines is 1. The second-order valence-electron chi connectivity index (χ2n) is 9.20. The van der Waals surface area contributed by atoms with Crippen molar-refractivity contribution >= 4 is 33.9 Å². The number of pyridine rings is 1. The maximum absolute atomic E-state index is 13.1. The van der Waals surface area contributed by atoms with E-state index in [1.54, 1.807) is 0 Å². The number of likely N-dealkylation sites (N-methyl/N-ethyl adjacent to an activating group) is 1. The first-order valence-corrected chi connectivity index (χ1v) is 12.2. The lowest BCUT2D eigenvalue weighted by atomic mass is 10.0. The minimum Gasteiger partial charge on any atom is -0.343 e. The van der Waals surface area contributed by atoms with Crippen molar-refractivity contribution in [1.82, 2.24) is 14.8 Å². The lowest BCUT2D eigenvalue weighted by Gasteiger charge is -2.32. The van der Waals surface area contributed by atoms with Crippen LogP contribution < -0.4 is 10.9 Å². The van der Waals surface area contributed by atoms with Gasteiger partial charge in [0.2, 0.25) is 0 Å². The van der Waals surface area contributed by atoms with Crippen LogP contribution in [0.4, 0.5) is 5.69 Å². The standard InChI is InChI=1S/C27H34N4OS/c1-5-30-13-7-10-24(30)17-31(27(33)28-23-9-6-8-18(2)14-23)16-22-15-21-12-11-19(3)20(4)25(21)29-26(22)32/h6,8-9,11-12,14-15,24H,5,7,10,13,16-17H2,1-4H3,(H,28,33)(H,29,32)/t24-/m1/s1. The van der Waals surface area contributed by atoms with Gasteiger partial charge in [-0.1, -0.05) is 31.2 Å². The highest BCUT2D eigenvalue weighted by Gasteiger charge is 2.26. The summed E-state index contributed by atoms with van der Waals surface area (Å²) in [4.78, 5) is 20.9. The Balaban J connectivity index is 1.64. The normalized spacial score (nSPS) is 16.3. The van der Waals surface area contributed by atoms with Crippen LogP contribution in [-0.4, -0.2) is 45.6 Å². The Bertz CT molecular complexity index is 1220. The SMILES string of the molecule is CCN1CCC[C@@H]1CN(Cc1cc2ccc(C)c(C)c2[nH]c1=O)C(=S)Nc1cccc(C)c1. The van der Waals surface area contributed by atoms with Crippen LogP contribution in [0.15, 0.2) is 47.3 Å². The quantitative estimate of drug-likeness (QED) is 0.497. The van der Waals surface area contributed by atoms with Gasteiger partial charge >= 0.3 is 0 Å². The van der Waals surface area contributed by atoms with Gasteiger partial charge in [0, 0.05) is 23.8 Å². The molecule has 0 saturated carbocycles. The van der Waals surface area contributed by atoms with Gasteiger partial charge < -0.3 is 15.2 Å². The van der Waals surface area contributed by atoms with Crippen molar-refractivity contribution < 1.29 is 0 Å². The number of likely N-dealkylation sites (tertiary alicyclic amines) is 1. The van der Waals surface area contributed by atoms with E-state index >= 15 is 0 Å². The van der Waals surface area contributed by atoms with Gasteiger partial charge in [0.1, 0.15) is 0 Å². The maximum atomic E-state index is 13.1. The molecule has 0 radical (unpaired) electrons. The summed E-state index contributed by atoms with van der Waals surface area (Å²) in [7, 11) is 0.